The number of rotatable bonds is 4. The van der Waals surface area contributed by atoms with Gasteiger partial charge in [0.15, 0.2) is 0 Å². The van der Waals surface area contributed by atoms with Crippen LogP contribution in [0.3, 0.4) is 0 Å². The van der Waals surface area contributed by atoms with Crippen molar-refractivity contribution in [2.45, 2.75) is 6.54 Å². The first kappa shape index (κ1) is 11.3. The molecule has 0 saturated heterocycles. The van der Waals surface area contributed by atoms with E-state index in [1.807, 2.05) is 0 Å². The number of nitrogens with zero attached hydrogens (tertiary/aromatic N) is 3. The van der Waals surface area contributed by atoms with E-state index in [9.17, 15) is 14.9 Å². The average molecular weight is 253 g/mol. The van der Waals surface area contributed by atoms with Gasteiger partial charge in [-0.3, -0.25) is 0 Å². The Morgan fingerprint density at radius 2 is 2.41 bits per heavy atom. The third-order valence-electron chi connectivity index (χ3n) is 2.10. The molecule has 0 spiro atoms. The van der Waals surface area contributed by atoms with Gasteiger partial charge in [-0.05, 0) is 26.9 Å². The van der Waals surface area contributed by atoms with Crippen LogP contribution in [0.5, 0.6) is 0 Å². The summed E-state index contributed by atoms with van der Waals surface area (Å²) < 4.78 is 1.48. The van der Waals surface area contributed by atoms with Gasteiger partial charge in [-0.15, -0.1) is 11.3 Å². The zero-order valence-corrected chi connectivity index (χ0v) is 9.25. The highest BCUT2D eigenvalue weighted by molar-refractivity contribution is 7.12. The lowest BCUT2D eigenvalue weighted by atomic mass is 10.2. The molecule has 0 fully saturated rings. The van der Waals surface area contributed by atoms with E-state index in [2.05, 4.69) is 4.98 Å². The molecule has 8 heteroatoms. The van der Waals surface area contributed by atoms with Gasteiger partial charge in [0, 0.05) is 0 Å². The summed E-state index contributed by atoms with van der Waals surface area (Å²) in [5.74, 6) is -1.25. The standard InChI is InChI=1S/C9H7N3O4S/c13-9(14)8-6(1-2-17-8)3-11-4-7(10-5-11)12(15)16/h1-2,4-5H,3H2,(H,13,14). The highest BCUT2D eigenvalue weighted by Crippen LogP contribution is 2.18. The van der Waals surface area contributed by atoms with Crippen LogP contribution >= 0.6 is 11.3 Å². The van der Waals surface area contributed by atoms with Crippen LogP contribution in [0.2, 0.25) is 0 Å². The number of imidazole rings is 1. The van der Waals surface area contributed by atoms with Gasteiger partial charge in [-0.2, -0.15) is 0 Å². The number of aromatic nitrogens is 2. The number of hydrogen-bond donors (Lipinski definition) is 1. The molecule has 1 N–H and O–H groups in total. The predicted octanol–water partition coefficient (Wildman–Crippen LogP) is 1.60. The fourth-order valence-electron chi connectivity index (χ4n) is 1.37. The molecule has 0 aliphatic heterocycles. The molecular formula is C9H7N3O4S. The lowest BCUT2D eigenvalue weighted by Crippen LogP contribution is -2.02. The summed E-state index contributed by atoms with van der Waals surface area (Å²) in [6, 6.07) is 1.68. The van der Waals surface area contributed by atoms with Crippen LogP contribution in [0.15, 0.2) is 24.0 Å². The Hall–Kier alpha value is -2.22. The summed E-state index contributed by atoms with van der Waals surface area (Å²) in [4.78, 5) is 24.5. The SMILES string of the molecule is O=C(O)c1sccc1Cn1cnc([N+](=O)[O-])c1. The second-order valence-electron chi connectivity index (χ2n) is 3.24. The number of carbonyl (C=O) groups is 1. The van der Waals surface area contributed by atoms with Crippen LogP contribution in [0, 0.1) is 10.1 Å². The van der Waals surface area contributed by atoms with Crippen LogP contribution < -0.4 is 0 Å². The van der Waals surface area contributed by atoms with E-state index in [4.69, 9.17) is 5.11 Å². The molecule has 2 aromatic heterocycles. The normalized spacial score (nSPS) is 10.4. The molecule has 0 bridgehead atoms. The topological polar surface area (TPSA) is 98.3 Å². The first-order valence-electron chi connectivity index (χ1n) is 4.53. The molecule has 0 unspecified atom stereocenters. The molecule has 7 nitrogen and oxygen atoms in total. The third kappa shape index (κ3) is 2.31. The average Bonchev–Trinajstić information content (AvgIpc) is 2.86. The van der Waals surface area contributed by atoms with Gasteiger partial charge in [-0.25, -0.2) is 4.79 Å². The van der Waals surface area contributed by atoms with Crippen molar-refractivity contribution in [3.8, 4) is 0 Å². The summed E-state index contributed by atoms with van der Waals surface area (Å²) in [5.41, 5.74) is 0.606. The number of carboxylic acid groups (broad SMARTS) is 1. The molecular weight excluding hydrogens is 246 g/mol. The van der Waals surface area contributed by atoms with Crippen LogP contribution in [0.1, 0.15) is 15.2 Å². The maximum Gasteiger partial charge on any atom is 0.381 e. The van der Waals surface area contributed by atoms with Gasteiger partial charge < -0.3 is 19.8 Å². The van der Waals surface area contributed by atoms with Crippen molar-refractivity contribution < 1.29 is 14.8 Å². The van der Waals surface area contributed by atoms with Crippen LogP contribution in [-0.4, -0.2) is 25.6 Å². The fraction of sp³-hybridized carbons (Fsp3) is 0.111. The predicted molar refractivity (Wildman–Crippen MR) is 59.3 cm³/mol. The van der Waals surface area contributed by atoms with Crippen molar-refractivity contribution in [1.82, 2.24) is 9.55 Å². The summed E-state index contributed by atoms with van der Waals surface area (Å²) in [6.45, 7) is 0.256. The van der Waals surface area contributed by atoms with Crippen molar-refractivity contribution >= 4 is 23.1 Å². The number of hydrogen-bond acceptors (Lipinski definition) is 5. The minimum Gasteiger partial charge on any atom is -0.477 e. The van der Waals surface area contributed by atoms with Crippen molar-refractivity contribution in [3.05, 3.63) is 44.5 Å². The molecule has 2 aromatic rings. The van der Waals surface area contributed by atoms with Crippen molar-refractivity contribution in [3.63, 3.8) is 0 Å². The zero-order valence-electron chi connectivity index (χ0n) is 8.44. The van der Waals surface area contributed by atoms with E-state index in [1.165, 1.54) is 17.1 Å². The largest absolute Gasteiger partial charge is 0.477 e. The molecule has 2 rings (SSSR count). The molecule has 2 heterocycles. The summed E-state index contributed by atoms with van der Waals surface area (Å²) in [7, 11) is 0. The third-order valence-corrected chi connectivity index (χ3v) is 3.05. The molecule has 0 aromatic carbocycles. The van der Waals surface area contributed by atoms with Crippen molar-refractivity contribution in [2.24, 2.45) is 0 Å². The highest BCUT2D eigenvalue weighted by Gasteiger charge is 2.14. The Morgan fingerprint density at radius 1 is 1.65 bits per heavy atom. The minimum absolute atomic E-state index is 0.237. The van der Waals surface area contributed by atoms with E-state index in [-0.39, 0.29) is 17.2 Å². The minimum atomic E-state index is -0.996. The number of thiophene rings is 1. The van der Waals surface area contributed by atoms with E-state index >= 15 is 0 Å². The molecule has 0 amide bonds. The first-order chi connectivity index (χ1) is 8.08. The van der Waals surface area contributed by atoms with Gasteiger partial charge in [0.05, 0.1) is 6.54 Å². The Labute approximate surface area is 99.1 Å². The van der Waals surface area contributed by atoms with Crippen LogP contribution in [0.4, 0.5) is 5.82 Å². The van der Waals surface area contributed by atoms with E-state index < -0.39 is 10.9 Å². The molecule has 88 valence electrons. The quantitative estimate of drug-likeness (QED) is 0.659. The monoisotopic (exact) mass is 253 g/mol. The fourth-order valence-corrected chi connectivity index (χ4v) is 2.13. The zero-order chi connectivity index (χ0) is 12.4. The summed E-state index contributed by atoms with van der Waals surface area (Å²) >= 11 is 1.12. The van der Waals surface area contributed by atoms with E-state index in [0.29, 0.717) is 5.56 Å². The Morgan fingerprint density at radius 3 is 3.00 bits per heavy atom. The molecule has 0 saturated carbocycles. The maximum absolute atomic E-state index is 10.9. The number of carboxylic acids is 1. The van der Waals surface area contributed by atoms with Crippen molar-refractivity contribution in [2.75, 3.05) is 0 Å². The number of nitro groups is 1. The summed E-state index contributed by atoms with van der Waals surface area (Å²) in [5, 5.41) is 21.0. The van der Waals surface area contributed by atoms with Gasteiger partial charge in [0.2, 0.25) is 6.33 Å². The second-order valence-corrected chi connectivity index (χ2v) is 4.16. The molecule has 0 atom stereocenters. The number of aromatic carboxylic acids is 1. The lowest BCUT2D eigenvalue weighted by molar-refractivity contribution is -0.389. The van der Waals surface area contributed by atoms with Gasteiger partial charge >= 0.3 is 11.8 Å². The Kier molecular flexibility index (Phi) is 2.88. The van der Waals surface area contributed by atoms with Gasteiger partial charge in [0.1, 0.15) is 11.1 Å². The van der Waals surface area contributed by atoms with Crippen molar-refractivity contribution in [1.29, 1.82) is 0 Å². The summed E-state index contributed by atoms with van der Waals surface area (Å²) in [6.07, 6.45) is 2.57. The lowest BCUT2D eigenvalue weighted by Gasteiger charge is -1.99. The Bertz CT molecular complexity index is 574. The first-order valence-corrected chi connectivity index (χ1v) is 5.41. The maximum atomic E-state index is 10.9. The van der Waals surface area contributed by atoms with Crippen LogP contribution in [-0.2, 0) is 6.54 Å². The molecule has 17 heavy (non-hydrogen) atoms. The van der Waals surface area contributed by atoms with Gasteiger partial charge in [-0.1, -0.05) is 0 Å². The highest BCUT2D eigenvalue weighted by atomic mass is 32.1. The van der Waals surface area contributed by atoms with E-state index in [1.54, 1.807) is 11.4 Å². The molecule has 0 aliphatic carbocycles. The van der Waals surface area contributed by atoms with Gasteiger partial charge in [0.25, 0.3) is 0 Å². The van der Waals surface area contributed by atoms with E-state index in [0.717, 1.165) is 11.3 Å². The molecule has 0 radical (unpaired) electrons. The Balaban J connectivity index is 2.22. The second kappa shape index (κ2) is 4.34. The smallest absolute Gasteiger partial charge is 0.381 e. The van der Waals surface area contributed by atoms with Crippen LogP contribution in [0.25, 0.3) is 0 Å². The molecule has 0 aliphatic rings.